The molecule has 4 heteroatoms. The van der Waals surface area contributed by atoms with Crippen molar-refractivity contribution in [2.45, 2.75) is 3.41 Å². The van der Waals surface area contributed by atoms with Gasteiger partial charge in [-0.05, 0) is 0 Å². The standard InChI is InChI=1S/C2H6S4/c3-1-2(4,5)6/h3-6H,1H2. The highest BCUT2D eigenvalue weighted by molar-refractivity contribution is 8.17. The van der Waals surface area contributed by atoms with Crippen LogP contribution in [0.4, 0.5) is 0 Å². The molecule has 6 heavy (non-hydrogen) atoms. The molecule has 0 nitrogen and oxygen atoms in total. The van der Waals surface area contributed by atoms with Crippen LogP contribution in [0.1, 0.15) is 0 Å². The number of thiol groups is 4. The Hall–Kier alpha value is 1.40. The van der Waals surface area contributed by atoms with Crippen molar-refractivity contribution in [3.63, 3.8) is 0 Å². The van der Waals surface area contributed by atoms with Crippen LogP contribution in [0.25, 0.3) is 0 Å². The molecule has 38 valence electrons. The van der Waals surface area contributed by atoms with Gasteiger partial charge in [-0.1, -0.05) is 0 Å². The predicted molar refractivity (Wildman–Crippen MR) is 43.5 cm³/mol. The molecule has 0 radical (unpaired) electrons. The fraction of sp³-hybridized carbons (Fsp3) is 1.00. The Balaban J connectivity index is 3.17. The normalized spacial score (nSPS) is 12.0. The van der Waals surface area contributed by atoms with Gasteiger partial charge in [0.2, 0.25) is 0 Å². The topological polar surface area (TPSA) is 0 Å². The van der Waals surface area contributed by atoms with E-state index in [0.29, 0.717) is 5.75 Å². The molecule has 0 aliphatic heterocycles. The fourth-order valence-corrected chi connectivity index (χ4v) is 0. The molecule has 0 heterocycles. The van der Waals surface area contributed by atoms with Crippen LogP contribution >= 0.6 is 50.5 Å². The van der Waals surface area contributed by atoms with Crippen molar-refractivity contribution in [2.75, 3.05) is 5.75 Å². The summed E-state index contributed by atoms with van der Waals surface area (Å²) in [4.78, 5) is 0. The summed E-state index contributed by atoms with van der Waals surface area (Å²) in [5.74, 6) is 0.558. The average molecular weight is 158 g/mol. The van der Waals surface area contributed by atoms with Gasteiger partial charge < -0.3 is 0 Å². The third kappa shape index (κ3) is 5.40. The second-order valence-electron chi connectivity index (χ2n) is 0.932. The molecule has 0 saturated heterocycles. The Morgan fingerprint density at radius 3 is 1.33 bits per heavy atom. The largest absolute Gasteiger partial charge is 0.176 e. The summed E-state index contributed by atoms with van der Waals surface area (Å²) in [6.45, 7) is 0. The van der Waals surface area contributed by atoms with Crippen LogP contribution in [0.5, 0.6) is 0 Å². The van der Waals surface area contributed by atoms with Crippen LogP contribution in [-0.4, -0.2) is 9.16 Å². The maximum Gasteiger partial charge on any atom is 0.107 e. The van der Waals surface area contributed by atoms with Gasteiger partial charge in [0.05, 0.1) is 0 Å². The van der Waals surface area contributed by atoms with Gasteiger partial charge in [-0.2, -0.15) is 50.5 Å². The first-order valence-corrected chi connectivity index (χ1v) is 3.31. The average Bonchev–Trinajstić information content (AvgIpc) is 1.35. The molecule has 0 aromatic heterocycles. The van der Waals surface area contributed by atoms with E-state index >= 15 is 0 Å². The number of hydrogen-bond acceptors (Lipinski definition) is 4. The summed E-state index contributed by atoms with van der Waals surface area (Å²) in [5, 5.41) is 0. The second kappa shape index (κ2) is 2.64. The van der Waals surface area contributed by atoms with E-state index in [0.717, 1.165) is 0 Å². The van der Waals surface area contributed by atoms with E-state index in [1.54, 1.807) is 0 Å². The molecule has 0 aromatic rings. The fourth-order valence-electron chi connectivity index (χ4n) is 0. The molecule has 0 amide bonds. The van der Waals surface area contributed by atoms with Crippen LogP contribution in [0, 0.1) is 0 Å². The van der Waals surface area contributed by atoms with E-state index in [1.807, 2.05) is 0 Å². The Kier molecular flexibility index (Phi) is 3.26. The van der Waals surface area contributed by atoms with Crippen LogP contribution in [0.15, 0.2) is 0 Å². The van der Waals surface area contributed by atoms with Crippen LogP contribution in [0.3, 0.4) is 0 Å². The lowest BCUT2D eigenvalue weighted by molar-refractivity contribution is 1.40. The lowest BCUT2D eigenvalue weighted by Crippen LogP contribution is -2.02. The molecule has 0 bridgehead atoms. The Morgan fingerprint density at radius 1 is 1.17 bits per heavy atom. The molecule has 0 spiro atoms. The lowest BCUT2D eigenvalue weighted by atomic mass is 10.9. The Labute approximate surface area is 59.7 Å². The van der Waals surface area contributed by atoms with Gasteiger partial charge in [-0.3, -0.25) is 0 Å². The van der Waals surface area contributed by atoms with E-state index in [-0.39, 0.29) is 0 Å². The minimum Gasteiger partial charge on any atom is -0.176 e. The molecule has 0 atom stereocenters. The van der Waals surface area contributed by atoms with Gasteiger partial charge in [0.1, 0.15) is 3.41 Å². The summed E-state index contributed by atoms with van der Waals surface area (Å²) in [6.07, 6.45) is 0. The maximum absolute atomic E-state index is 3.91. The highest BCUT2D eigenvalue weighted by Crippen LogP contribution is 2.24. The first-order valence-electron chi connectivity index (χ1n) is 1.34. The highest BCUT2D eigenvalue weighted by Gasteiger charge is 2.08. The summed E-state index contributed by atoms with van der Waals surface area (Å²) >= 11 is 15.6. The first kappa shape index (κ1) is 7.40. The Morgan fingerprint density at radius 2 is 1.33 bits per heavy atom. The zero-order chi connectivity index (χ0) is 5.21. The molecule has 0 aliphatic carbocycles. The quantitative estimate of drug-likeness (QED) is 0.321. The third-order valence-electron chi connectivity index (χ3n) is 0.212. The molecule has 0 aliphatic rings. The summed E-state index contributed by atoms with van der Waals surface area (Å²) in [6, 6.07) is 0. The summed E-state index contributed by atoms with van der Waals surface area (Å²) < 4.78 is -0.511. The first-order chi connectivity index (χ1) is 2.56. The number of hydrogen-bond donors (Lipinski definition) is 4. The molecule has 0 rings (SSSR count). The van der Waals surface area contributed by atoms with Gasteiger partial charge in [-0.15, -0.1) is 0 Å². The van der Waals surface area contributed by atoms with E-state index in [1.165, 1.54) is 0 Å². The molecule has 0 saturated carbocycles. The van der Waals surface area contributed by atoms with E-state index < -0.39 is 3.41 Å². The molecule has 0 unspecified atom stereocenters. The molecular formula is C2H6S4. The predicted octanol–water partition coefficient (Wildman–Crippen LogP) is 1.36. The highest BCUT2D eigenvalue weighted by atomic mass is 32.2. The van der Waals surface area contributed by atoms with Crippen molar-refractivity contribution in [1.29, 1.82) is 0 Å². The van der Waals surface area contributed by atoms with E-state index in [4.69, 9.17) is 0 Å². The van der Waals surface area contributed by atoms with Crippen LogP contribution < -0.4 is 0 Å². The number of rotatable bonds is 1. The zero-order valence-corrected chi connectivity index (χ0v) is 6.57. The van der Waals surface area contributed by atoms with Crippen molar-refractivity contribution in [3.05, 3.63) is 0 Å². The maximum atomic E-state index is 3.91. The van der Waals surface area contributed by atoms with Gasteiger partial charge in [-0.25, -0.2) is 0 Å². The molecule has 0 N–H and O–H groups in total. The smallest absolute Gasteiger partial charge is 0.107 e. The van der Waals surface area contributed by atoms with Gasteiger partial charge >= 0.3 is 0 Å². The summed E-state index contributed by atoms with van der Waals surface area (Å²) in [5.41, 5.74) is 0. The van der Waals surface area contributed by atoms with Crippen LogP contribution in [-0.2, 0) is 0 Å². The van der Waals surface area contributed by atoms with Crippen molar-refractivity contribution in [2.24, 2.45) is 0 Å². The minimum absolute atomic E-state index is 0.511. The summed E-state index contributed by atoms with van der Waals surface area (Å²) in [7, 11) is 0. The Bertz CT molecular complexity index is 35.3. The lowest BCUT2D eigenvalue weighted by Gasteiger charge is -2.08. The second-order valence-corrected chi connectivity index (χ2v) is 4.60. The van der Waals surface area contributed by atoms with Gasteiger partial charge in [0.25, 0.3) is 0 Å². The van der Waals surface area contributed by atoms with Gasteiger partial charge in [0.15, 0.2) is 0 Å². The van der Waals surface area contributed by atoms with Crippen molar-refractivity contribution < 1.29 is 0 Å². The van der Waals surface area contributed by atoms with Crippen molar-refractivity contribution in [1.82, 2.24) is 0 Å². The molecule has 0 fully saturated rings. The van der Waals surface area contributed by atoms with E-state index in [2.05, 4.69) is 50.5 Å². The third-order valence-corrected chi connectivity index (χ3v) is 1.91. The van der Waals surface area contributed by atoms with E-state index in [9.17, 15) is 0 Å². The van der Waals surface area contributed by atoms with Crippen molar-refractivity contribution in [3.8, 4) is 0 Å². The van der Waals surface area contributed by atoms with Crippen molar-refractivity contribution >= 4 is 50.5 Å². The monoisotopic (exact) mass is 158 g/mol. The minimum atomic E-state index is -0.511. The molecule has 0 aromatic carbocycles. The zero-order valence-electron chi connectivity index (χ0n) is 3.00. The molecular weight excluding hydrogens is 152 g/mol. The SMILES string of the molecule is SCC(S)(S)S. The van der Waals surface area contributed by atoms with Crippen LogP contribution in [0.2, 0.25) is 0 Å². The van der Waals surface area contributed by atoms with Gasteiger partial charge in [0, 0.05) is 5.75 Å².